The Kier molecular flexibility index (Phi) is 5.73. The van der Waals surface area contributed by atoms with Crippen LogP contribution in [0.5, 0.6) is 5.75 Å². The van der Waals surface area contributed by atoms with Crippen molar-refractivity contribution in [2.24, 2.45) is 5.92 Å². The van der Waals surface area contributed by atoms with Crippen LogP contribution in [-0.2, 0) is 13.1 Å². The molecule has 2 aromatic rings. The van der Waals surface area contributed by atoms with Gasteiger partial charge in [0.25, 0.3) is 0 Å². The summed E-state index contributed by atoms with van der Waals surface area (Å²) in [5.41, 5.74) is 2.40. The van der Waals surface area contributed by atoms with Crippen LogP contribution < -0.4 is 10.1 Å². The van der Waals surface area contributed by atoms with E-state index in [1.807, 2.05) is 12.1 Å². The summed E-state index contributed by atoms with van der Waals surface area (Å²) in [6.07, 6.45) is 5.51. The van der Waals surface area contributed by atoms with E-state index in [1.54, 1.807) is 0 Å². The van der Waals surface area contributed by atoms with Crippen LogP contribution in [0.4, 0.5) is 5.69 Å². The summed E-state index contributed by atoms with van der Waals surface area (Å²) in [6.45, 7) is 9.18. The van der Waals surface area contributed by atoms with Crippen LogP contribution >= 0.6 is 0 Å². The maximum absolute atomic E-state index is 5.75. The Morgan fingerprint density at radius 3 is 2.86 bits per heavy atom. The molecule has 0 bridgehead atoms. The summed E-state index contributed by atoms with van der Waals surface area (Å²) in [6, 6.07) is 10.3. The fourth-order valence-corrected chi connectivity index (χ4v) is 2.16. The molecule has 21 heavy (non-hydrogen) atoms. The molecule has 1 heterocycles. The lowest BCUT2D eigenvalue weighted by atomic mass is 10.2. The lowest BCUT2D eigenvalue weighted by Crippen LogP contribution is -2.05. The number of nitrogens with one attached hydrogen (secondary N) is 1. The second-order valence-electron chi connectivity index (χ2n) is 5.84. The van der Waals surface area contributed by atoms with Gasteiger partial charge >= 0.3 is 0 Å². The van der Waals surface area contributed by atoms with E-state index in [4.69, 9.17) is 4.74 Å². The molecule has 0 saturated heterocycles. The lowest BCUT2D eigenvalue weighted by Gasteiger charge is -2.11. The highest BCUT2D eigenvalue weighted by molar-refractivity contribution is 5.48. The van der Waals surface area contributed by atoms with Crippen molar-refractivity contribution in [3.8, 4) is 5.75 Å². The normalized spacial score (nSPS) is 10.9. The van der Waals surface area contributed by atoms with E-state index in [0.717, 1.165) is 37.6 Å². The van der Waals surface area contributed by atoms with Crippen LogP contribution in [0.25, 0.3) is 0 Å². The Morgan fingerprint density at radius 1 is 1.24 bits per heavy atom. The summed E-state index contributed by atoms with van der Waals surface area (Å²) in [4.78, 5) is 0. The maximum atomic E-state index is 5.75. The number of ether oxygens (including phenoxy) is 1. The summed E-state index contributed by atoms with van der Waals surface area (Å²) >= 11 is 0. The van der Waals surface area contributed by atoms with Gasteiger partial charge < -0.3 is 14.6 Å². The van der Waals surface area contributed by atoms with Crippen molar-refractivity contribution in [2.45, 2.75) is 40.3 Å². The first-order chi connectivity index (χ1) is 10.2. The smallest absolute Gasteiger partial charge is 0.121 e. The van der Waals surface area contributed by atoms with Crippen LogP contribution in [0.3, 0.4) is 0 Å². The van der Waals surface area contributed by atoms with E-state index in [2.05, 4.69) is 61.2 Å². The Balaban J connectivity index is 1.88. The quantitative estimate of drug-likeness (QED) is 0.770. The minimum absolute atomic E-state index is 0.542. The van der Waals surface area contributed by atoms with Gasteiger partial charge in [-0.1, -0.05) is 26.8 Å². The average molecular weight is 286 g/mol. The number of benzene rings is 1. The zero-order valence-corrected chi connectivity index (χ0v) is 13.3. The van der Waals surface area contributed by atoms with Crippen molar-refractivity contribution in [1.29, 1.82) is 0 Å². The summed E-state index contributed by atoms with van der Waals surface area (Å²) < 4.78 is 7.99. The average Bonchev–Trinajstić information content (AvgIpc) is 2.92. The van der Waals surface area contributed by atoms with Gasteiger partial charge in [-0.05, 0) is 36.1 Å². The van der Waals surface area contributed by atoms with Gasteiger partial charge in [-0.2, -0.15) is 0 Å². The van der Waals surface area contributed by atoms with E-state index in [-0.39, 0.29) is 0 Å². The van der Waals surface area contributed by atoms with Crippen LogP contribution in [0.2, 0.25) is 0 Å². The van der Waals surface area contributed by atoms with Crippen LogP contribution in [-0.4, -0.2) is 11.2 Å². The predicted molar refractivity (Wildman–Crippen MR) is 88.8 cm³/mol. The molecule has 1 aromatic carbocycles. The van der Waals surface area contributed by atoms with E-state index < -0.39 is 0 Å². The lowest BCUT2D eigenvalue weighted by molar-refractivity contribution is 0.271. The number of aryl methyl sites for hydroxylation is 1. The number of hydrogen-bond acceptors (Lipinski definition) is 2. The van der Waals surface area contributed by atoms with Crippen LogP contribution in [0.1, 0.15) is 32.8 Å². The Labute approximate surface area is 127 Å². The maximum Gasteiger partial charge on any atom is 0.121 e. The van der Waals surface area contributed by atoms with Crippen LogP contribution in [0.15, 0.2) is 42.7 Å². The topological polar surface area (TPSA) is 26.2 Å². The van der Waals surface area contributed by atoms with Crippen molar-refractivity contribution in [3.05, 3.63) is 48.3 Å². The molecule has 0 amide bonds. The minimum atomic E-state index is 0.542. The van der Waals surface area contributed by atoms with E-state index in [9.17, 15) is 0 Å². The molecule has 114 valence electrons. The van der Waals surface area contributed by atoms with Gasteiger partial charge in [-0.15, -0.1) is 0 Å². The SMILES string of the molecule is CCCn1ccc(CNc2cccc(OCC(C)C)c2)c1. The first kappa shape index (κ1) is 15.5. The highest BCUT2D eigenvalue weighted by atomic mass is 16.5. The van der Waals surface area contributed by atoms with Gasteiger partial charge in [0.1, 0.15) is 5.75 Å². The number of aromatic nitrogens is 1. The predicted octanol–water partition coefficient (Wildman–Crippen LogP) is 4.55. The molecule has 3 heteroatoms. The number of nitrogens with zero attached hydrogens (tertiary/aromatic N) is 1. The molecule has 0 radical (unpaired) electrons. The first-order valence-corrected chi connectivity index (χ1v) is 7.78. The standard InChI is InChI=1S/C18H26N2O/c1-4-9-20-10-8-16(13-20)12-19-17-6-5-7-18(11-17)21-14-15(2)3/h5-8,10-11,13,15,19H,4,9,12,14H2,1-3H3. The molecular formula is C18H26N2O. The molecule has 0 spiro atoms. The number of hydrogen-bond donors (Lipinski definition) is 1. The fraction of sp³-hybridized carbons (Fsp3) is 0.444. The third kappa shape index (κ3) is 5.18. The second-order valence-corrected chi connectivity index (χ2v) is 5.84. The van der Waals surface area contributed by atoms with Crippen molar-refractivity contribution in [2.75, 3.05) is 11.9 Å². The van der Waals surface area contributed by atoms with Crippen LogP contribution in [0, 0.1) is 5.92 Å². The molecule has 0 unspecified atom stereocenters. The number of rotatable bonds is 8. The molecule has 1 N–H and O–H groups in total. The molecule has 0 aliphatic heterocycles. The molecule has 0 aliphatic carbocycles. The minimum Gasteiger partial charge on any atom is -0.493 e. The molecule has 1 aromatic heterocycles. The zero-order valence-electron chi connectivity index (χ0n) is 13.3. The molecule has 0 aliphatic rings. The fourth-order valence-electron chi connectivity index (χ4n) is 2.16. The third-order valence-corrected chi connectivity index (χ3v) is 3.21. The van der Waals surface area contributed by atoms with Gasteiger partial charge in [0.05, 0.1) is 6.61 Å². The Hall–Kier alpha value is -1.90. The van der Waals surface area contributed by atoms with Gasteiger partial charge in [-0.3, -0.25) is 0 Å². The van der Waals surface area contributed by atoms with Gasteiger partial charge in [0.15, 0.2) is 0 Å². The largest absolute Gasteiger partial charge is 0.493 e. The zero-order chi connectivity index (χ0) is 15.1. The van der Waals surface area contributed by atoms with Gasteiger partial charge in [-0.25, -0.2) is 0 Å². The molecule has 0 saturated carbocycles. The van der Waals surface area contributed by atoms with Crippen molar-refractivity contribution in [3.63, 3.8) is 0 Å². The molecule has 2 rings (SSSR count). The first-order valence-electron chi connectivity index (χ1n) is 7.78. The van der Waals surface area contributed by atoms with E-state index >= 15 is 0 Å². The van der Waals surface area contributed by atoms with Crippen molar-refractivity contribution < 1.29 is 4.74 Å². The van der Waals surface area contributed by atoms with Gasteiger partial charge in [0.2, 0.25) is 0 Å². The Bertz CT molecular complexity index is 546. The monoisotopic (exact) mass is 286 g/mol. The summed E-state index contributed by atoms with van der Waals surface area (Å²) in [5.74, 6) is 1.47. The summed E-state index contributed by atoms with van der Waals surface area (Å²) in [7, 11) is 0. The van der Waals surface area contributed by atoms with Crippen molar-refractivity contribution in [1.82, 2.24) is 4.57 Å². The molecule has 0 atom stereocenters. The van der Waals surface area contributed by atoms with Gasteiger partial charge in [0, 0.05) is 37.2 Å². The Morgan fingerprint density at radius 2 is 2.10 bits per heavy atom. The second kappa shape index (κ2) is 7.77. The highest BCUT2D eigenvalue weighted by Gasteiger charge is 2.00. The van der Waals surface area contributed by atoms with E-state index in [1.165, 1.54) is 5.56 Å². The highest BCUT2D eigenvalue weighted by Crippen LogP contribution is 2.18. The molecule has 3 nitrogen and oxygen atoms in total. The van der Waals surface area contributed by atoms with E-state index in [0.29, 0.717) is 5.92 Å². The molecule has 0 fully saturated rings. The van der Waals surface area contributed by atoms with Crippen molar-refractivity contribution >= 4 is 5.69 Å². The third-order valence-electron chi connectivity index (χ3n) is 3.21. The number of anilines is 1. The summed E-state index contributed by atoms with van der Waals surface area (Å²) in [5, 5.41) is 3.45. The molecular weight excluding hydrogens is 260 g/mol.